The molecule has 12 heavy (non-hydrogen) atoms. The lowest BCUT2D eigenvalue weighted by Gasteiger charge is -1.92. The summed E-state index contributed by atoms with van der Waals surface area (Å²) in [7, 11) is 0. The van der Waals surface area contributed by atoms with Crippen molar-refractivity contribution in [2.24, 2.45) is 0 Å². The van der Waals surface area contributed by atoms with Gasteiger partial charge in [-0.05, 0) is 19.4 Å². The van der Waals surface area contributed by atoms with Crippen LogP contribution in [0.15, 0.2) is 60.8 Å². The zero-order chi connectivity index (χ0) is 9.40. The van der Waals surface area contributed by atoms with Crippen molar-refractivity contribution in [3.8, 4) is 0 Å². The summed E-state index contributed by atoms with van der Waals surface area (Å²) in [6.45, 7) is 11.4. The van der Waals surface area contributed by atoms with Crippen LogP contribution < -0.4 is 0 Å². The molecule has 0 aliphatic carbocycles. The third-order valence-electron chi connectivity index (χ3n) is 1.43. The van der Waals surface area contributed by atoms with Gasteiger partial charge in [0, 0.05) is 0 Å². The van der Waals surface area contributed by atoms with Crippen molar-refractivity contribution in [1.29, 1.82) is 0 Å². The molecule has 0 saturated heterocycles. The molecule has 0 N–H and O–H groups in total. The molecule has 0 aromatic carbocycles. The van der Waals surface area contributed by atoms with Gasteiger partial charge in [0.15, 0.2) is 0 Å². The SMILES string of the molecule is C=C/C(C)=C/C(C=C)=C/C=C\C. The van der Waals surface area contributed by atoms with E-state index >= 15 is 0 Å². The topological polar surface area (TPSA) is 0 Å². The van der Waals surface area contributed by atoms with Crippen molar-refractivity contribution in [3.63, 3.8) is 0 Å². The first-order valence-corrected chi connectivity index (χ1v) is 4.00. The maximum Gasteiger partial charge on any atom is -0.0260 e. The van der Waals surface area contributed by atoms with Crippen LogP contribution in [0.4, 0.5) is 0 Å². The Bertz CT molecular complexity index is 237. The Morgan fingerprint density at radius 3 is 2.25 bits per heavy atom. The molecule has 0 bridgehead atoms. The van der Waals surface area contributed by atoms with Gasteiger partial charge in [0.1, 0.15) is 0 Å². The van der Waals surface area contributed by atoms with Gasteiger partial charge in [-0.15, -0.1) is 0 Å². The summed E-state index contributed by atoms with van der Waals surface area (Å²) in [4.78, 5) is 0. The van der Waals surface area contributed by atoms with Crippen molar-refractivity contribution in [2.75, 3.05) is 0 Å². The molecule has 0 atom stereocenters. The minimum atomic E-state index is 1.10. The highest BCUT2D eigenvalue weighted by Gasteiger charge is 1.83. The molecular formula is C12H16. The van der Waals surface area contributed by atoms with Crippen molar-refractivity contribution in [2.45, 2.75) is 13.8 Å². The second kappa shape index (κ2) is 6.41. The summed E-state index contributed by atoms with van der Waals surface area (Å²) < 4.78 is 0. The second-order valence-electron chi connectivity index (χ2n) is 2.49. The van der Waals surface area contributed by atoms with Crippen LogP contribution in [0.3, 0.4) is 0 Å². The van der Waals surface area contributed by atoms with Crippen molar-refractivity contribution >= 4 is 0 Å². The average Bonchev–Trinajstić information content (AvgIpc) is 2.11. The van der Waals surface area contributed by atoms with E-state index in [1.807, 2.05) is 50.3 Å². The zero-order valence-corrected chi connectivity index (χ0v) is 7.88. The van der Waals surface area contributed by atoms with Gasteiger partial charge in [-0.2, -0.15) is 0 Å². The summed E-state index contributed by atoms with van der Waals surface area (Å²) in [5.41, 5.74) is 2.25. The first kappa shape index (κ1) is 10.7. The molecule has 0 heterocycles. The molecule has 0 heteroatoms. The highest BCUT2D eigenvalue weighted by Crippen LogP contribution is 2.04. The van der Waals surface area contributed by atoms with Crippen LogP contribution in [-0.2, 0) is 0 Å². The molecule has 0 amide bonds. The third kappa shape index (κ3) is 4.51. The lowest BCUT2D eigenvalue weighted by Crippen LogP contribution is -1.72. The Balaban J connectivity index is 4.57. The standard InChI is InChI=1S/C12H16/c1-5-8-9-12(7-3)10-11(4)6-2/h5-10H,2-3H2,1,4H3/b8-5-,11-10+,12-9+. The Hall–Kier alpha value is -1.30. The fourth-order valence-corrected chi connectivity index (χ4v) is 0.704. The molecule has 0 saturated carbocycles. The van der Waals surface area contributed by atoms with Gasteiger partial charge in [0.2, 0.25) is 0 Å². The van der Waals surface area contributed by atoms with Gasteiger partial charge < -0.3 is 0 Å². The molecule has 0 spiro atoms. The molecular weight excluding hydrogens is 144 g/mol. The van der Waals surface area contributed by atoms with Gasteiger partial charge in [0.25, 0.3) is 0 Å². The van der Waals surface area contributed by atoms with E-state index in [1.165, 1.54) is 0 Å². The molecule has 0 aliphatic heterocycles. The summed E-state index contributed by atoms with van der Waals surface area (Å²) in [6, 6.07) is 0. The predicted molar refractivity (Wildman–Crippen MR) is 57.0 cm³/mol. The molecule has 64 valence electrons. The Kier molecular flexibility index (Phi) is 5.72. The molecule has 0 aromatic rings. The fourth-order valence-electron chi connectivity index (χ4n) is 0.704. The Morgan fingerprint density at radius 1 is 1.17 bits per heavy atom. The van der Waals surface area contributed by atoms with Crippen molar-refractivity contribution in [3.05, 3.63) is 60.8 Å². The zero-order valence-electron chi connectivity index (χ0n) is 7.88. The highest BCUT2D eigenvalue weighted by molar-refractivity contribution is 5.36. The second-order valence-corrected chi connectivity index (χ2v) is 2.49. The smallest absolute Gasteiger partial charge is 0.0260 e. The molecule has 0 nitrogen and oxygen atoms in total. The van der Waals surface area contributed by atoms with E-state index in [4.69, 9.17) is 0 Å². The van der Waals surface area contributed by atoms with E-state index in [1.54, 1.807) is 0 Å². The van der Waals surface area contributed by atoms with Crippen LogP contribution in [0.2, 0.25) is 0 Å². The lowest BCUT2D eigenvalue weighted by molar-refractivity contribution is 1.50. The lowest BCUT2D eigenvalue weighted by atomic mass is 10.1. The molecule has 0 rings (SSSR count). The van der Waals surface area contributed by atoms with Gasteiger partial charge in [-0.1, -0.05) is 55.2 Å². The highest BCUT2D eigenvalue weighted by atomic mass is 13.9. The van der Waals surface area contributed by atoms with Crippen LogP contribution in [0, 0.1) is 0 Å². The largest absolute Gasteiger partial charge is 0.0988 e. The Labute approximate surface area is 75.3 Å². The number of hydrogen-bond acceptors (Lipinski definition) is 0. The van der Waals surface area contributed by atoms with Gasteiger partial charge in [-0.3, -0.25) is 0 Å². The van der Waals surface area contributed by atoms with Gasteiger partial charge in [-0.25, -0.2) is 0 Å². The summed E-state index contributed by atoms with van der Waals surface area (Å²) in [5.74, 6) is 0. The van der Waals surface area contributed by atoms with Crippen LogP contribution in [0.25, 0.3) is 0 Å². The fraction of sp³-hybridized carbons (Fsp3) is 0.167. The van der Waals surface area contributed by atoms with E-state index in [0.29, 0.717) is 0 Å². The monoisotopic (exact) mass is 160 g/mol. The molecule has 0 radical (unpaired) electrons. The minimum absolute atomic E-state index is 1.10. The van der Waals surface area contributed by atoms with E-state index < -0.39 is 0 Å². The van der Waals surface area contributed by atoms with Crippen molar-refractivity contribution < 1.29 is 0 Å². The van der Waals surface area contributed by atoms with Crippen LogP contribution in [0.1, 0.15) is 13.8 Å². The minimum Gasteiger partial charge on any atom is -0.0988 e. The van der Waals surface area contributed by atoms with E-state index in [9.17, 15) is 0 Å². The normalized spacial score (nSPS) is 13.5. The first-order chi connectivity index (χ1) is 5.74. The number of hydrogen-bond donors (Lipinski definition) is 0. The first-order valence-electron chi connectivity index (χ1n) is 4.00. The van der Waals surface area contributed by atoms with Gasteiger partial charge in [0.05, 0.1) is 0 Å². The van der Waals surface area contributed by atoms with Crippen LogP contribution >= 0.6 is 0 Å². The summed E-state index contributed by atoms with van der Waals surface area (Å²) in [6.07, 6.45) is 11.7. The number of allylic oxidation sites excluding steroid dienone is 8. The van der Waals surface area contributed by atoms with Crippen LogP contribution in [-0.4, -0.2) is 0 Å². The summed E-state index contributed by atoms with van der Waals surface area (Å²) >= 11 is 0. The molecule has 0 aliphatic rings. The van der Waals surface area contributed by atoms with E-state index in [2.05, 4.69) is 13.2 Å². The maximum atomic E-state index is 3.72. The van der Waals surface area contributed by atoms with E-state index in [-0.39, 0.29) is 0 Å². The average molecular weight is 160 g/mol. The van der Waals surface area contributed by atoms with Gasteiger partial charge >= 0.3 is 0 Å². The third-order valence-corrected chi connectivity index (χ3v) is 1.43. The number of rotatable bonds is 4. The Morgan fingerprint density at radius 2 is 1.83 bits per heavy atom. The quantitative estimate of drug-likeness (QED) is 0.549. The van der Waals surface area contributed by atoms with E-state index in [0.717, 1.165) is 11.1 Å². The maximum absolute atomic E-state index is 3.72. The van der Waals surface area contributed by atoms with Crippen LogP contribution in [0.5, 0.6) is 0 Å². The molecule has 0 unspecified atom stereocenters. The van der Waals surface area contributed by atoms with Crippen molar-refractivity contribution in [1.82, 2.24) is 0 Å². The molecule has 0 fully saturated rings. The predicted octanol–water partition coefficient (Wildman–Crippen LogP) is 3.81. The summed E-state index contributed by atoms with van der Waals surface area (Å²) in [5, 5.41) is 0. The molecule has 0 aromatic heterocycles.